The van der Waals surface area contributed by atoms with Gasteiger partial charge in [-0.1, -0.05) is 28.1 Å². The van der Waals surface area contributed by atoms with Crippen LogP contribution >= 0.6 is 15.9 Å². The summed E-state index contributed by atoms with van der Waals surface area (Å²) in [4.78, 5) is 11.7. The van der Waals surface area contributed by atoms with Gasteiger partial charge in [0.15, 0.2) is 6.61 Å². The Labute approximate surface area is 148 Å². The third kappa shape index (κ3) is 4.45. The second-order valence-corrected chi connectivity index (χ2v) is 5.94. The van der Waals surface area contributed by atoms with Gasteiger partial charge in [-0.25, -0.2) is 9.48 Å². The number of benzene rings is 2. The number of rotatable bonds is 6. The fourth-order valence-corrected chi connectivity index (χ4v) is 2.31. The number of halogens is 1. The minimum atomic E-state index is -0.408. The summed E-state index contributed by atoms with van der Waals surface area (Å²) in [6, 6.07) is 16.8. The van der Waals surface area contributed by atoms with Crippen LogP contribution < -0.4 is 4.74 Å². The number of esters is 1. The molecule has 3 rings (SSSR count). The predicted octanol–water partition coefficient (Wildman–Crippen LogP) is 3.76. The molecular weight excluding hydrogens is 372 g/mol. The molecule has 0 amide bonds. The largest absolute Gasteiger partial charge is 0.482 e. The maximum atomic E-state index is 11.7. The van der Waals surface area contributed by atoms with Crippen LogP contribution in [0.1, 0.15) is 5.56 Å². The standard InChI is InChI=1S/C18H15BrN2O3/c19-15-4-8-17(9-5-15)23-13-18(22)24-12-14-2-6-16(7-3-14)21-11-1-10-20-21/h1-11H,12-13H2. The van der Waals surface area contributed by atoms with Gasteiger partial charge in [0.1, 0.15) is 12.4 Å². The highest BCUT2D eigenvalue weighted by Crippen LogP contribution is 2.16. The fraction of sp³-hybridized carbons (Fsp3) is 0.111. The first-order valence-corrected chi connectivity index (χ1v) is 8.13. The smallest absolute Gasteiger partial charge is 0.344 e. The van der Waals surface area contributed by atoms with Crippen molar-refractivity contribution in [2.75, 3.05) is 6.61 Å². The van der Waals surface area contributed by atoms with Crippen LogP contribution in [0.25, 0.3) is 5.69 Å². The zero-order chi connectivity index (χ0) is 16.8. The topological polar surface area (TPSA) is 53.4 Å². The lowest BCUT2D eigenvalue weighted by Gasteiger charge is -2.08. The first-order valence-electron chi connectivity index (χ1n) is 7.34. The normalized spacial score (nSPS) is 10.4. The molecule has 0 saturated heterocycles. The van der Waals surface area contributed by atoms with E-state index in [1.807, 2.05) is 48.7 Å². The van der Waals surface area contributed by atoms with Crippen LogP contribution in [0.3, 0.4) is 0 Å². The summed E-state index contributed by atoms with van der Waals surface area (Å²) in [5.41, 5.74) is 1.86. The first kappa shape index (κ1) is 16.3. The highest BCUT2D eigenvalue weighted by Gasteiger charge is 2.05. The molecule has 0 unspecified atom stereocenters. The van der Waals surface area contributed by atoms with Gasteiger partial charge in [0.05, 0.1) is 5.69 Å². The predicted molar refractivity (Wildman–Crippen MR) is 93.0 cm³/mol. The molecule has 6 heteroatoms. The Hall–Kier alpha value is -2.60. The summed E-state index contributed by atoms with van der Waals surface area (Å²) in [6.45, 7) is 0.0922. The Morgan fingerprint density at radius 3 is 2.50 bits per heavy atom. The average Bonchev–Trinajstić information content (AvgIpc) is 3.14. The van der Waals surface area contributed by atoms with Crippen LogP contribution in [-0.4, -0.2) is 22.4 Å². The zero-order valence-corrected chi connectivity index (χ0v) is 14.3. The Morgan fingerprint density at radius 1 is 1.08 bits per heavy atom. The number of hydrogen-bond donors (Lipinski definition) is 0. The number of aromatic nitrogens is 2. The number of hydrogen-bond acceptors (Lipinski definition) is 4. The van der Waals surface area contributed by atoms with Crippen molar-refractivity contribution in [1.29, 1.82) is 0 Å². The minimum Gasteiger partial charge on any atom is -0.482 e. The summed E-state index contributed by atoms with van der Waals surface area (Å²) >= 11 is 3.34. The molecule has 122 valence electrons. The third-order valence-corrected chi connectivity index (χ3v) is 3.80. The number of ether oxygens (including phenoxy) is 2. The molecule has 0 radical (unpaired) electrons. The lowest BCUT2D eigenvalue weighted by molar-refractivity contribution is -0.147. The van der Waals surface area contributed by atoms with Crippen molar-refractivity contribution < 1.29 is 14.3 Å². The maximum absolute atomic E-state index is 11.7. The Balaban J connectivity index is 1.46. The minimum absolute atomic E-state index is 0.118. The Morgan fingerprint density at radius 2 is 1.83 bits per heavy atom. The van der Waals surface area contributed by atoms with Gasteiger partial charge in [0, 0.05) is 16.9 Å². The van der Waals surface area contributed by atoms with Crippen molar-refractivity contribution in [3.63, 3.8) is 0 Å². The van der Waals surface area contributed by atoms with Crippen LogP contribution in [-0.2, 0) is 16.1 Å². The lowest BCUT2D eigenvalue weighted by atomic mass is 10.2. The molecule has 2 aromatic carbocycles. The van der Waals surface area contributed by atoms with Gasteiger partial charge < -0.3 is 9.47 Å². The fourth-order valence-electron chi connectivity index (χ4n) is 2.05. The summed E-state index contributed by atoms with van der Waals surface area (Å²) in [7, 11) is 0. The van der Waals surface area contributed by atoms with E-state index in [0.717, 1.165) is 15.7 Å². The van der Waals surface area contributed by atoms with Gasteiger partial charge >= 0.3 is 5.97 Å². The molecule has 0 fully saturated rings. The quantitative estimate of drug-likeness (QED) is 0.605. The highest BCUT2D eigenvalue weighted by molar-refractivity contribution is 9.10. The molecule has 0 aliphatic rings. The van der Waals surface area contributed by atoms with Gasteiger partial charge in [-0.15, -0.1) is 0 Å². The molecule has 0 spiro atoms. The third-order valence-electron chi connectivity index (χ3n) is 3.28. The van der Waals surface area contributed by atoms with E-state index in [-0.39, 0.29) is 13.2 Å². The van der Waals surface area contributed by atoms with Crippen molar-refractivity contribution in [1.82, 2.24) is 9.78 Å². The molecule has 5 nitrogen and oxygen atoms in total. The van der Waals surface area contributed by atoms with E-state index in [4.69, 9.17) is 9.47 Å². The summed E-state index contributed by atoms with van der Waals surface area (Å²) < 4.78 is 13.3. The summed E-state index contributed by atoms with van der Waals surface area (Å²) in [6.07, 6.45) is 3.59. The summed E-state index contributed by atoms with van der Waals surface area (Å²) in [5, 5.41) is 4.16. The van der Waals surface area contributed by atoms with E-state index >= 15 is 0 Å². The van der Waals surface area contributed by atoms with Crippen molar-refractivity contribution in [3.8, 4) is 11.4 Å². The van der Waals surface area contributed by atoms with E-state index < -0.39 is 5.97 Å². The highest BCUT2D eigenvalue weighted by atomic mass is 79.9. The van der Waals surface area contributed by atoms with Gasteiger partial charge in [0.2, 0.25) is 0 Å². The molecule has 0 bridgehead atoms. The molecule has 1 aromatic heterocycles. The van der Waals surface area contributed by atoms with Crippen molar-refractivity contribution in [3.05, 3.63) is 77.0 Å². The van der Waals surface area contributed by atoms with Gasteiger partial charge in [-0.05, 0) is 48.0 Å². The number of carbonyl (C=O) groups is 1. The second kappa shape index (κ2) is 7.79. The van der Waals surface area contributed by atoms with Crippen LogP contribution in [0.2, 0.25) is 0 Å². The van der Waals surface area contributed by atoms with Crippen LogP contribution in [0, 0.1) is 0 Å². The van der Waals surface area contributed by atoms with E-state index in [0.29, 0.717) is 5.75 Å². The average molecular weight is 387 g/mol. The van der Waals surface area contributed by atoms with Crippen LogP contribution in [0.5, 0.6) is 5.75 Å². The second-order valence-electron chi connectivity index (χ2n) is 5.02. The van der Waals surface area contributed by atoms with Gasteiger partial charge in [-0.2, -0.15) is 5.10 Å². The molecule has 1 heterocycles. The molecular formula is C18H15BrN2O3. The number of nitrogens with zero attached hydrogens (tertiary/aromatic N) is 2. The van der Waals surface area contributed by atoms with Gasteiger partial charge in [0.25, 0.3) is 0 Å². The monoisotopic (exact) mass is 386 g/mol. The van der Waals surface area contributed by atoms with Crippen molar-refractivity contribution in [2.45, 2.75) is 6.61 Å². The van der Waals surface area contributed by atoms with Crippen LogP contribution in [0.15, 0.2) is 71.5 Å². The molecule has 0 aliphatic carbocycles. The van der Waals surface area contributed by atoms with Crippen LogP contribution in [0.4, 0.5) is 0 Å². The molecule has 3 aromatic rings. The zero-order valence-electron chi connectivity index (χ0n) is 12.8. The Kier molecular flexibility index (Phi) is 5.28. The Bertz CT molecular complexity index is 784. The molecule has 0 saturated carbocycles. The van der Waals surface area contributed by atoms with E-state index in [9.17, 15) is 4.79 Å². The van der Waals surface area contributed by atoms with Crippen molar-refractivity contribution >= 4 is 21.9 Å². The van der Waals surface area contributed by atoms with E-state index in [2.05, 4.69) is 21.0 Å². The molecule has 0 N–H and O–H groups in total. The maximum Gasteiger partial charge on any atom is 0.344 e. The van der Waals surface area contributed by atoms with E-state index in [1.165, 1.54) is 0 Å². The SMILES string of the molecule is O=C(COc1ccc(Br)cc1)OCc1ccc(-n2cccn2)cc1. The number of carbonyl (C=O) groups excluding carboxylic acids is 1. The summed E-state index contributed by atoms with van der Waals surface area (Å²) in [5.74, 6) is 0.216. The lowest BCUT2D eigenvalue weighted by Crippen LogP contribution is -2.14. The van der Waals surface area contributed by atoms with E-state index in [1.54, 1.807) is 23.0 Å². The molecule has 0 aliphatic heterocycles. The first-order chi connectivity index (χ1) is 11.7. The van der Waals surface area contributed by atoms with Gasteiger partial charge in [-0.3, -0.25) is 0 Å². The van der Waals surface area contributed by atoms with Crippen molar-refractivity contribution in [2.24, 2.45) is 0 Å². The molecule has 24 heavy (non-hydrogen) atoms. The molecule has 0 atom stereocenters.